The predicted molar refractivity (Wildman–Crippen MR) is 76.4 cm³/mol. The molecular weight excluding hydrogens is 256 g/mol. The maximum absolute atomic E-state index is 9.85. The van der Waals surface area contributed by atoms with Crippen LogP contribution in [0.4, 0.5) is 11.8 Å². The van der Waals surface area contributed by atoms with Crippen LogP contribution in [0.15, 0.2) is 4.42 Å². The largest absolute Gasteiger partial charge is 0.506 e. The van der Waals surface area contributed by atoms with E-state index in [1.165, 1.54) is 0 Å². The summed E-state index contributed by atoms with van der Waals surface area (Å²) in [7, 11) is 0. The molecule has 0 atom stereocenters. The smallest absolute Gasteiger partial charge is 0.321 e. The van der Waals surface area contributed by atoms with Crippen molar-refractivity contribution in [2.24, 2.45) is 0 Å². The Balaban J connectivity index is 2.34. The van der Waals surface area contributed by atoms with Gasteiger partial charge in [0.05, 0.1) is 5.69 Å². The second-order valence-corrected chi connectivity index (χ2v) is 5.93. The van der Waals surface area contributed by atoms with Crippen LogP contribution in [-0.2, 0) is 5.41 Å². The average molecular weight is 276 g/mol. The Morgan fingerprint density at radius 1 is 1.05 bits per heavy atom. The number of aryl methyl sites for hydroxylation is 1. The first-order chi connectivity index (χ1) is 9.20. The quantitative estimate of drug-likeness (QED) is 0.876. The van der Waals surface area contributed by atoms with Crippen LogP contribution in [0.1, 0.15) is 43.5 Å². The molecular formula is C14H20N4O2. The second-order valence-electron chi connectivity index (χ2n) is 5.93. The lowest BCUT2D eigenvalue weighted by Gasteiger charge is -2.12. The van der Waals surface area contributed by atoms with Crippen LogP contribution < -0.4 is 5.32 Å². The molecule has 0 aliphatic heterocycles. The predicted octanol–water partition coefficient (Wildman–Crippen LogP) is 3.14. The van der Waals surface area contributed by atoms with Crippen molar-refractivity contribution in [2.45, 2.75) is 47.0 Å². The summed E-state index contributed by atoms with van der Waals surface area (Å²) in [6.45, 7) is 11.5. The number of nitrogens with one attached hydrogen (secondary N) is 1. The third kappa shape index (κ3) is 2.59. The molecule has 2 rings (SSSR count). The van der Waals surface area contributed by atoms with Gasteiger partial charge in [-0.3, -0.25) is 5.32 Å². The Morgan fingerprint density at radius 2 is 1.70 bits per heavy atom. The minimum atomic E-state index is -0.198. The van der Waals surface area contributed by atoms with E-state index in [0.29, 0.717) is 23.4 Å². The van der Waals surface area contributed by atoms with Crippen molar-refractivity contribution in [1.82, 2.24) is 15.2 Å². The van der Waals surface area contributed by atoms with Crippen LogP contribution in [0.3, 0.4) is 0 Å². The SMILES string of the molecule is Cc1nc(Nc2nnc(C(C)(C)C)o2)c(C)c(C)c1O. The fraction of sp³-hybridized carbons (Fsp3) is 0.500. The van der Waals surface area contributed by atoms with Gasteiger partial charge in [-0.15, -0.1) is 5.10 Å². The van der Waals surface area contributed by atoms with E-state index in [1.54, 1.807) is 6.92 Å². The molecule has 2 N–H and O–H groups in total. The number of rotatable bonds is 2. The Labute approximate surface area is 118 Å². The zero-order valence-electron chi connectivity index (χ0n) is 12.7. The fourth-order valence-electron chi connectivity index (χ4n) is 1.73. The van der Waals surface area contributed by atoms with Crippen molar-refractivity contribution in [1.29, 1.82) is 0 Å². The van der Waals surface area contributed by atoms with E-state index in [-0.39, 0.29) is 11.2 Å². The highest BCUT2D eigenvalue weighted by molar-refractivity contribution is 5.58. The van der Waals surface area contributed by atoms with Gasteiger partial charge in [-0.2, -0.15) is 0 Å². The molecule has 0 unspecified atom stereocenters. The van der Waals surface area contributed by atoms with Crippen molar-refractivity contribution < 1.29 is 9.52 Å². The highest BCUT2D eigenvalue weighted by atomic mass is 16.4. The lowest BCUT2D eigenvalue weighted by atomic mass is 9.97. The van der Waals surface area contributed by atoms with Gasteiger partial charge in [0, 0.05) is 5.41 Å². The Morgan fingerprint density at radius 3 is 2.25 bits per heavy atom. The number of nitrogens with zero attached hydrogens (tertiary/aromatic N) is 3. The van der Waals surface area contributed by atoms with Crippen molar-refractivity contribution in [2.75, 3.05) is 5.32 Å². The van der Waals surface area contributed by atoms with Gasteiger partial charge in [0.15, 0.2) is 0 Å². The Bertz CT molecular complexity index is 641. The van der Waals surface area contributed by atoms with Crippen molar-refractivity contribution >= 4 is 11.8 Å². The van der Waals surface area contributed by atoms with E-state index in [0.717, 1.165) is 11.1 Å². The Hall–Kier alpha value is -2.11. The van der Waals surface area contributed by atoms with Gasteiger partial charge in [0.25, 0.3) is 0 Å². The molecule has 0 bridgehead atoms. The normalized spacial score (nSPS) is 11.7. The lowest BCUT2D eigenvalue weighted by molar-refractivity contribution is 0.400. The Kier molecular flexibility index (Phi) is 3.41. The first-order valence-corrected chi connectivity index (χ1v) is 6.48. The van der Waals surface area contributed by atoms with Crippen LogP contribution in [0.5, 0.6) is 5.75 Å². The second kappa shape index (κ2) is 4.77. The molecule has 6 nitrogen and oxygen atoms in total. The zero-order valence-corrected chi connectivity index (χ0v) is 12.7. The van der Waals surface area contributed by atoms with E-state index < -0.39 is 0 Å². The molecule has 0 aromatic carbocycles. The molecule has 6 heteroatoms. The van der Waals surface area contributed by atoms with Gasteiger partial charge in [-0.25, -0.2) is 4.98 Å². The van der Waals surface area contributed by atoms with Gasteiger partial charge in [-0.05, 0) is 31.9 Å². The summed E-state index contributed by atoms with van der Waals surface area (Å²) in [5, 5.41) is 20.8. The molecule has 108 valence electrons. The van der Waals surface area contributed by atoms with Crippen LogP contribution >= 0.6 is 0 Å². The van der Waals surface area contributed by atoms with Crippen molar-refractivity contribution in [3.8, 4) is 5.75 Å². The molecule has 0 spiro atoms. The van der Waals surface area contributed by atoms with Crippen LogP contribution in [0.25, 0.3) is 0 Å². The molecule has 20 heavy (non-hydrogen) atoms. The summed E-state index contributed by atoms with van der Waals surface area (Å²) in [5.41, 5.74) is 2.00. The van der Waals surface area contributed by atoms with Gasteiger partial charge < -0.3 is 9.52 Å². The summed E-state index contributed by atoms with van der Waals surface area (Å²) in [6.07, 6.45) is 0. The van der Waals surface area contributed by atoms with Gasteiger partial charge in [0.2, 0.25) is 5.89 Å². The minimum Gasteiger partial charge on any atom is -0.506 e. The summed E-state index contributed by atoms with van der Waals surface area (Å²) in [4.78, 5) is 4.31. The molecule has 0 saturated carbocycles. The summed E-state index contributed by atoms with van der Waals surface area (Å²) >= 11 is 0. The first kappa shape index (κ1) is 14.3. The molecule has 2 aromatic heterocycles. The zero-order chi connectivity index (χ0) is 15.1. The third-order valence-electron chi connectivity index (χ3n) is 3.19. The van der Waals surface area contributed by atoms with Gasteiger partial charge in [0.1, 0.15) is 11.6 Å². The molecule has 0 amide bonds. The molecule has 2 aromatic rings. The number of hydrogen-bond acceptors (Lipinski definition) is 6. The van der Waals surface area contributed by atoms with E-state index >= 15 is 0 Å². The number of aromatic nitrogens is 3. The van der Waals surface area contributed by atoms with E-state index in [1.807, 2.05) is 34.6 Å². The number of aromatic hydroxyl groups is 1. The lowest BCUT2D eigenvalue weighted by Crippen LogP contribution is -2.11. The molecule has 0 radical (unpaired) electrons. The standard InChI is InChI=1S/C14H20N4O2/c1-7-8(2)11(15-9(3)10(7)19)16-13-18-17-12(20-13)14(4,5)6/h19H,1-6H3,(H,15,16,18). The summed E-state index contributed by atoms with van der Waals surface area (Å²) in [6, 6.07) is 0.301. The highest BCUT2D eigenvalue weighted by Gasteiger charge is 2.22. The van der Waals surface area contributed by atoms with Crippen molar-refractivity contribution in [3.05, 3.63) is 22.7 Å². The number of hydrogen-bond donors (Lipinski definition) is 2. The van der Waals surface area contributed by atoms with Gasteiger partial charge in [-0.1, -0.05) is 25.9 Å². The van der Waals surface area contributed by atoms with Crippen LogP contribution in [-0.4, -0.2) is 20.3 Å². The van der Waals surface area contributed by atoms with Crippen LogP contribution in [0, 0.1) is 20.8 Å². The highest BCUT2D eigenvalue weighted by Crippen LogP contribution is 2.29. The van der Waals surface area contributed by atoms with E-state index in [9.17, 15) is 5.11 Å². The van der Waals surface area contributed by atoms with E-state index in [4.69, 9.17) is 4.42 Å². The fourth-order valence-corrected chi connectivity index (χ4v) is 1.73. The molecule has 0 aliphatic carbocycles. The monoisotopic (exact) mass is 276 g/mol. The topological polar surface area (TPSA) is 84.1 Å². The minimum absolute atomic E-state index is 0.198. The number of pyridine rings is 1. The maximum atomic E-state index is 9.85. The summed E-state index contributed by atoms with van der Waals surface area (Å²) < 4.78 is 5.58. The molecule has 0 aliphatic rings. The first-order valence-electron chi connectivity index (χ1n) is 6.48. The van der Waals surface area contributed by atoms with Gasteiger partial charge >= 0.3 is 6.01 Å². The average Bonchev–Trinajstić information content (AvgIpc) is 2.82. The molecule has 0 saturated heterocycles. The number of anilines is 2. The van der Waals surface area contributed by atoms with Crippen LogP contribution in [0.2, 0.25) is 0 Å². The summed E-state index contributed by atoms with van der Waals surface area (Å²) in [5.74, 6) is 1.39. The molecule has 0 fully saturated rings. The maximum Gasteiger partial charge on any atom is 0.321 e. The van der Waals surface area contributed by atoms with E-state index in [2.05, 4.69) is 20.5 Å². The van der Waals surface area contributed by atoms with Crippen molar-refractivity contribution in [3.63, 3.8) is 0 Å². The molecule has 2 heterocycles. The third-order valence-corrected chi connectivity index (χ3v) is 3.19.